The van der Waals surface area contributed by atoms with E-state index in [4.69, 9.17) is 4.74 Å². The highest BCUT2D eigenvalue weighted by Crippen LogP contribution is 2.25. The van der Waals surface area contributed by atoms with Crippen molar-refractivity contribution < 1.29 is 9.84 Å². The molecule has 0 bridgehead atoms. The maximum absolute atomic E-state index is 10.8. The van der Waals surface area contributed by atoms with E-state index in [0.717, 1.165) is 42.9 Å². The average molecular weight is 301 g/mol. The summed E-state index contributed by atoms with van der Waals surface area (Å²) in [4.78, 5) is 9.40. The van der Waals surface area contributed by atoms with Gasteiger partial charge in [0.1, 0.15) is 18.0 Å². The molecule has 1 aromatic heterocycles. The van der Waals surface area contributed by atoms with Gasteiger partial charge in [-0.25, -0.2) is 4.98 Å². The Morgan fingerprint density at radius 1 is 1.41 bits per heavy atom. The summed E-state index contributed by atoms with van der Waals surface area (Å²) in [5.74, 6) is 0.849. The van der Waals surface area contributed by atoms with Crippen molar-refractivity contribution in [3.8, 4) is 5.75 Å². The normalized spacial score (nSPS) is 22.6. The minimum absolute atomic E-state index is 0.331. The first-order chi connectivity index (χ1) is 10.6. The van der Waals surface area contributed by atoms with E-state index in [1.54, 1.807) is 6.33 Å². The third-order valence-electron chi connectivity index (χ3n) is 4.17. The molecule has 3 rings (SSSR count). The molecule has 2 heterocycles. The van der Waals surface area contributed by atoms with Crippen molar-refractivity contribution in [2.75, 3.05) is 19.7 Å². The number of aromatic amines is 1. The molecule has 0 amide bonds. The van der Waals surface area contributed by atoms with E-state index in [0.29, 0.717) is 13.2 Å². The van der Waals surface area contributed by atoms with Crippen LogP contribution in [0.25, 0.3) is 0 Å². The van der Waals surface area contributed by atoms with Crippen molar-refractivity contribution in [2.24, 2.45) is 0 Å². The van der Waals surface area contributed by atoms with Gasteiger partial charge in [-0.2, -0.15) is 0 Å². The molecule has 1 aromatic carbocycles. The van der Waals surface area contributed by atoms with Crippen LogP contribution >= 0.6 is 0 Å². The lowest BCUT2D eigenvalue weighted by molar-refractivity contribution is -0.0624. The Morgan fingerprint density at radius 2 is 2.27 bits per heavy atom. The zero-order valence-corrected chi connectivity index (χ0v) is 13.0. The molecule has 1 fully saturated rings. The molecule has 5 nitrogen and oxygen atoms in total. The van der Waals surface area contributed by atoms with Crippen LogP contribution in [-0.4, -0.2) is 45.3 Å². The van der Waals surface area contributed by atoms with Gasteiger partial charge in [0.25, 0.3) is 0 Å². The second-order valence-electron chi connectivity index (χ2n) is 6.17. The summed E-state index contributed by atoms with van der Waals surface area (Å²) in [5.41, 5.74) is 1.38. The number of imidazole rings is 1. The summed E-state index contributed by atoms with van der Waals surface area (Å²) >= 11 is 0. The maximum Gasteiger partial charge on any atom is 0.122 e. The van der Waals surface area contributed by atoms with Gasteiger partial charge in [0.15, 0.2) is 0 Å². The predicted octanol–water partition coefficient (Wildman–Crippen LogP) is 2.12. The monoisotopic (exact) mass is 301 g/mol. The van der Waals surface area contributed by atoms with Gasteiger partial charge >= 0.3 is 0 Å². The fourth-order valence-electron chi connectivity index (χ4n) is 3.00. The quantitative estimate of drug-likeness (QED) is 0.888. The molecule has 2 aromatic rings. The Labute approximate surface area is 130 Å². The number of hydrogen-bond acceptors (Lipinski definition) is 4. The van der Waals surface area contributed by atoms with Gasteiger partial charge in [-0.05, 0) is 37.9 Å². The molecule has 1 saturated heterocycles. The molecular weight excluding hydrogens is 278 g/mol. The molecule has 5 heteroatoms. The summed E-state index contributed by atoms with van der Waals surface area (Å²) < 4.78 is 5.87. The van der Waals surface area contributed by atoms with Crippen molar-refractivity contribution in [1.82, 2.24) is 14.9 Å². The molecule has 0 saturated carbocycles. The number of ether oxygens (including phenoxy) is 1. The van der Waals surface area contributed by atoms with Crippen molar-refractivity contribution in [2.45, 2.75) is 31.9 Å². The fourth-order valence-corrected chi connectivity index (χ4v) is 3.00. The number of H-pyrrole nitrogens is 1. The lowest BCUT2D eigenvalue weighted by Crippen LogP contribution is -2.51. The highest BCUT2D eigenvalue weighted by molar-refractivity contribution is 5.31. The zero-order chi connectivity index (χ0) is 15.4. The Hall–Kier alpha value is -1.85. The predicted molar refractivity (Wildman–Crippen MR) is 84.7 cm³/mol. The molecule has 0 aliphatic carbocycles. The van der Waals surface area contributed by atoms with Crippen LogP contribution in [0.4, 0.5) is 0 Å². The third kappa shape index (κ3) is 3.67. The standard InChI is InChI=1S/C17H23N3O2/c1-14-5-2-3-6-16(14)22-12-17(21)7-4-8-20(11-17)10-15-9-18-13-19-15/h2-3,5-6,9,13,21H,4,7-8,10-12H2,1H3,(H,18,19). The number of aliphatic hydroxyl groups is 1. The zero-order valence-electron chi connectivity index (χ0n) is 13.0. The first-order valence-electron chi connectivity index (χ1n) is 7.75. The number of para-hydroxylation sites is 1. The molecule has 1 aliphatic heterocycles. The third-order valence-corrected chi connectivity index (χ3v) is 4.17. The summed E-state index contributed by atoms with van der Waals surface area (Å²) in [6.45, 7) is 4.75. The van der Waals surface area contributed by atoms with E-state index in [2.05, 4.69) is 14.9 Å². The van der Waals surface area contributed by atoms with E-state index >= 15 is 0 Å². The largest absolute Gasteiger partial charge is 0.490 e. The van der Waals surface area contributed by atoms with E-state index < -0.39 is 5.60 Å². The van der Waals surface area contributed by atoms with Gasteiger partial charge in [0.2, 0.25) is 0 Å². The highest BCUT2D eigenvalue weighted by atomic mass is 16.5. The van der Waals surface area contributed by atoms with Gasteiger partial charge < -0.3 is 14.8 Å². The van der Waals surface area contributed by atoms with Crippen LogP contribution in [0.15, 0.2) is 36.8 Å². The van der Waals surface area contributed by atoms with Crippen molar-refractivity contribution >= 4 is 0 Å². The minimum atomic E-state index is -0.791. The molecular formula is C17H23N3O2. The summed E-state index contributed by atoms with van der Waals surface area (Å²) in [5, 5.41) is 10.8. The summed E-state index contributed by atoms with van der Waals surface area (Å²) in [6, 6.07) is 7.91. The van der Waals surface area contributed by atoms with E-state index in [1.165, 1.54) is 0 Å². The van der Waals surface area contributed by atoms with E-state index in [1.807, 2.05) is 37.4 Å². The number of nitrogens with one attached hydrogen (secondary N) is 1. The van der Waals surface area contributed by atoms with Gasteiger partial charge in [0.05, 0.1) is 6.33 Å². The van der Waals surface area contributed by atoms with Gasteiger partial charge in [0, 0.05) is 25.0 Å². The van der Waals surface area contributed by atoms with Crippen LogP contribution in [0.2, 0.25) is 0 Å². The second-order valence-corrected chi connectivity index (χ2v) is 6.17. The molecule has 118 valence electrons. The highest BCUT2D eigenvalue weighted by Gasteiger charge is 2.34. The van der Waals surface area contributed by atoms with Crippen molar-refractivity contribution in [1.29, 1.82) is 0 Å². The van der Waals surface area contributed by atoms with Crippen LogP contribution in [0, 0.1) is 6.92 Å². The molecule has 1 atom stereocenters. The topological polar surface area (TPSA) is 61.4 Å². The first kappa shape index (κ1) is 15.1. The smallest absolute Gasteiger partial charge is 0.122 e. The number of β-amino-alcohol motifs (C(OH)–C–C–N with tert-alkyl or cyclic N) is 1. The Morgan fingerprint density at radius 3 is 3.05 bits per heavy atom. The van der Waals surface area contributed by atoms with Crippen molar-refractivity contribution in [3.63, 3.8) is 0 Å². The Bertz CT molecular complexity index is 600. The number of aromatic nitrogens is 2. The average Bonchev–Trinajstić information content (AvgIpc) is 2.99. The number of piperidine rings is 1. The van der Waals surface area contributed by atoms with Crippen LogP contribution in [0.3, 0.4) is 0 Å². The van der Waals surface area contributed by atoms with E-state index in [9.17, 15) is 5.11 Å². The molecule has 0 spiro atoms. The molecule has 1 unspecified atom stereocenters. The minimum Gasteiger partial charge on any atom is -0.490 e. The molecule has 0 radical (unpaired) electrons. The summed E-state index contributed by atoms with van der Waals surface area (Å²) in [7, 11) is 0. The van der Waals surface area contributed by atoms with Crippen LogP contribution in [0.1, 0.15) is 24.1 Å². The number of benzene rings is 1. The molecule has 2 N–H and O–H groups in total. The lowest BCUT2D eigenvalue weighted by atomic mass is 9.93. The first-order valence-corrected chi connectivity index (χ1v) is 7.75. The van der Waals surface area contributed by atoms with Gasteiger partial charge in [-0.3, -0.25) is 4.90 Å². The number of likely N-dealkylation sites (tertiary alicyclic amines) is 1. The number of hydrogen-bond donors (Lipinski definition) is 2. The van der Waals surface area contributed by atoms with Crippen LogP contribution < -0.4 is 4.74 Å². The molecule has 22 heavy (non-hydrogen) atoms. The SMILES string of the molecule is Cc1ccccc1OCC1(O)CCCN(Cc2cnc[nH]2)C1. The lowest BCUT2D eigenvalue weighted by Gasteiger charge is -2.38. The second kappa shape index (κ2) is 6.50. The van der Waals surface area contributed by atoms with Crippen molar-refractivity contribution in [3.05, 3.63) is 48.0 Å². The Balaban J connectivity index is 1.58. The van der Waals surface area contributed by atoms with Crippen LogP contribution in [0.5, 0.6) is 5.75 Å². The number of rotatable bonds is 5. The Kier molecular flexibility index (Phi) is 4.45. The van der Waals surface area contributed by atoms with Gasteiger partial charge in [-0.15, -0.1) is 0 Å². The fraction of sp³-hybridized carbons (Fsp3) is 0.471. The summed E-state index contributed by atoms with van der Waals surface area (Å²) in [6.07, 6.45) is 5.27. The van der Waals surface area contributed by atoms with Gasteiger partial charge in [-0.1, -0.05) is 18.2 Å². The van der Waals surface area contributed by atoms with Crippen LogP contribution in [-0.2, 0) is 6.54 Å². The number of nitrogens with zero attached hydrogens (tertiary/aromatic N) is 2. The maximum atomic E-state index is 10.8. The van der Waals surface area contributed by atoms with E-state index in [-0.39, 0.29) is 0 Å². The molecule has 1 aliphatic rings. The number of aryl methyl sites for hydroxylation is 1.